The SMILES string of the molecule is C[C@H](CO)N(C)C(=O)CO. The molecule has 0 spiro atoms. The molecule has 0 unspecified atom stereocenters. The van der Waals surface area contributed by atoms with Crippen molar-refractivity contribution in [2.75, 3.05) is 20.3 Å². The van der Waals surface area contributed by atoms with Crippen molar-refractivity contribution >= 4 is 5.91 Å². The molecule has 1 amide bonds. The summed E-state index contributed by atoms with van der Waals surface area (Å²) in [7, 11) is 1.54. The Bertz CT molecular complexity index is 116. The summed E-state index contributed by atoms with van der Waals surface area (Å²) >= 11 is 0. The van der Waals surface area contributed by atoms with Gasteiger partial charge >= 0.3 is 0 Å². The van der Waals surface area contributed by atoms with Crippen molar-refractivity contribution in [3.63, 3.8) is 0 Å². The van der Waals surface area contributed by atoms with E-state index in [-0.39, 0.29) is 18.6 Å². The molecule has 60 valence electrons. The summed E-state index contributed by atoms with van der Waals surface area (Å²) < 4.78 is 0. The number of hydrogen-bond donors (Lipinski definition) is 2. The fourth-order valence-corrected chi connectivity index (χ4v) is 0.480. The number of carbonyl (C=O) groups is 1. The maximum Gasteiger partial charge on any atom is 0.248 e. The van der Waals surface area contributed by atoms with E-state index in [9.17, 15) is 4.79 Å². The Labute approximate surface area is 60.1 Å². The number of carbonyl (C=O) groups excluding carboxylic acids is 1. The summed E-state index contributed by atoms with van der Waals surface area (Å²) in [5.41, 5.74) is 0. The minimum atomic E-state index is -0.499. The Morgan fingerprint density at radius 2 is 2.10 bits per heavy atom. The zero-order valence-electron chi connectivity index (χ0n) is 6.24. The van der Waals surface area contributed by atoms with Gasteiger partial charge in [-0.25, -0.2) is 0 Å². The maximum absolute atomic E-state index is 10.7. The smallest absolute Gasteiger partial charge is 0.248 e. The minimum absolute atomic E-state index is 0.0811. The van der Waals surface area contributed by atoms with Gasteiger partial charge in [-0.1, -0.05) is 0 Å². The Morgan fingerprint density at radius 1 is 1.60 bits per heavy atom. The van der Waals surface area contributed by atoms with E-state index in [1.807, 2.05) is 0 Å². The maximum atomic E-state index is 10.7. The van der Waals surface area contributed by atoms with E-state index in [1.165, 1.54) is 4.90 Å². The zero-order valence-corrected chi connectivity index (χ0v) is 6.24. The van der Waals surface area contributed by atoms with Gasteiger partial charge in [-0.15, -0.1) is 0 Å². The van der Waals surface area contributed by atoms with Gasteiger partial charge in [0.15, 0.2) is 0 Å². The molecule has 0 radical (unpaired) electrons. The molecule has 0 aromatic rings. The molecule has 0 aliphatic heterocycles. The minimum Gasteiger partial charge on any atom is -0.394 e. The topological polar surface area (TPSA) is 60.8 Å². The fraction of sp³-hybridized carbons (Fsp3) is 0.833. The lowest BCUT2D eigenvalue weighted by Crippen LogP contribution is -2.38. The van der Waals surface area contributed by atoms with E-state index in [0.29, 0.717) is 0 Å². The molecule has 10 heavy (non-hydrogen) atoms. The summed E-state index contributed by atoms with van der Waals surface area (Å²) in [6.07, 6.45) is 0. The van der Waals surface area contributed by atoms with E-state index in [1.54, 1.807) is 14.0 Å². The van der Waals surface area contributed by atoms with Crippen LogP contribution in [0.3, 0.4) is 0 Å². The molecule has 0 bridgehead atoms. The van der Waals surface area contributed by atoms with Crippen LogP contribution >= 0.6 is 0 Å². The van der Waals surface area contributed by atoms with Gasteiger partial charge in [-0.3, -0.25) is 4.79 Å². The van der Waals surface area contributed by atoms with Crippen LogP contribution in [0.1, 0.15) is 6.92 Å². The van der Waals surface area contributed by atoms with Gasteiger partial charge in [0, 0.05) is 7.05 Å². The van der Waals surface area contributed by atoms with E-state index < -0.39 is 6.61 Å². The quantitative estimate of drug-likeness (QED) is 0.528. The van der Waals surface area contributed by atoms with E-state index in [0.717, 1.165) is 0 Å². The molecular formula is C6H13NO3. The molecule has 1 atom stereocenters. The first-order valence-corrected chi connectivity index (χ1v) is 3.10. The van der Waals surface area contributed by atoms with E-state index in [2.05, 4.69) is 0 Å². The molecule has 0 aliphatic carbocycles. The van der Waals surface area contributed by atoms with Crippen molar-refractivity contribution in [2.24, 2.45) is 0 Å². The number of aliphatic hydroxyl groups excluding tert-OH is 2. The summed E-state index contributed by atoms with van der Waals surface area (Å²) in [6, 6.07) is -0.223. The molecule has 0 fully saturated rings. The third-order valence-electron chi connectivity index (χ3n) is 1.45. The molecule has 0 saturated carbocycles. The average molecular weight is 147 g/mol. The van der Waals surface area contributed by atoms with Crippen LogP contribution in [0.25, 0.3) is 0 Å². The van der Waals surface area contributed by atoms with E-state index >= 15 is 0 Å². The monoisotopic (exact) mass is 147 g/mol. The average Bonchev–Trinajstić information content (AvgIpc) is 2.00. The molecule has 4 heteroatoms. The van der Waals surface area contributed by atoms with Gasteiger partial charge in [-0.05, 0) is 6.92 Å². The largest absolute Gasteiger partial charge is 0.394 e. The van der Waals surface area contributed by atoms with Gasteiger partial charge < -0.3 is 15.1 Å². The third-order valence-corrected chi connectivity index (χ3v) is 1.45. The van der Waals surface area contributed by atoms with Gasteiger partial charge in [0.25, 0.3) is 0 Å². The lowest BCUT2D eigenvalue weighted by Gasteiger charge is -2.21. The lowest BCUT2D eigenvalue weighted by atomic mass is 10.3. The summed E-state index contributed by atoms with van der Waals surface area (Å²) in [5.74, 6) is -0.374. The number of amides is 1. The Balaban J connectivity index is 3.81. The normalized spacial score (nSPS) is 12.8. The predicted molar refractivity (Wildman–Crippen MR) is 36.4 cm³/mol. The third kappa shape index (κ3) is 2.33. The molecule has 0 aromatic carbocycles. The highest BCUT2D eigenvalue weighted by Gasteiger charge is 2.12. The van der Waals surface area contributed by atoms with Gasteiger partial charge in [0.2, 0.25) is 5.91 Å². The van der Waals surface area contributed by atoms with Crippen molar-refractivity contribution in [1.82, 2.24) is 4.90 Å². The second-order valence-corrected chi connectivity index (χ2v) is 2.19. The summed E-state index contributed by atoms with van der Waals surface area (Å²) in [5, 5.41) is 17.0. The summed E-state index contributed by atoms with van der Waals surface area (Å²) in [4.78, 5) is 12.0. The first-order chi connectivity index (χ1) is 4.63. The highest BCUT2D eigenvalue weighted by atomic mass is 16.3. The molecular weight excluding hydrogens is 134 g/mol. The number of rotatable bonds is 3. The zero-order chi connectivity index (χ0) is 8.15. The van der Waals surface area contributed by atoms with Crippen molar-refractivity contribution < 1.29 is 15.0 Å². The lowest BCUT2D eigenvalue weighted by molar-refractivity contribution is -0.135. The predicted octanol–water partition coefficient (Wildman–Crippen LogP) is -1.18. The molecule has 0 aliphatic rings. The molecule has 0 heterocycles. The van der Waals surface area contributed by atoms with Crippen LogP contribution in [0.15, 0.2) is 0 Å². The van der Waals surface area contributed by atoms with Gasteiger partial charge in [-0.2, -0.15) is 0 Å². The van der Waals surface area contributed by atoms with Crippen LogP contribution in [-0.4, -0.2) is 47.3 Å². The molecule has 4 nitrogen and oxygen atoms in total. The van der Waals surface area contributed by atoms with Gasteiger partial charge in [0.1, 0.15) is 6.61 Å². The van der Waals surface area contributed by atoms with Crippen molar-refractivity contribution in [3.05, 3.63) is 0 Å². The Hall–Kier alpha value is -0.610. The van der Waals surface area contributed by atoms with Crippen LogP contribution < -0.4 is 0 Å². The van der Waals surface area contributed by atoms with Crippen molar-refractivity contribution in [2.45, 2.75) is 13.0 Å². The molecule has 0 saturated heterocycles. The van der Waals surface area contributed by atoms with Crippen molar-refractivity contribution in [1.29, 1.82) is 0 Å². The second-order valence-electron chi connectivity index (χ2n) is 2.19. The second kappa shape index (κ2) is 4.24. The Kier molecular flexibility index (Phi) is 3.99. The standard InChI is InChI=1S/C6H13NO3/c1-5(3-8)7(2)6(10)4-9/h5,8-9H,3-4H2,1-2H3/t5-/m1/s1. The van der Waals surface area contributed by atoms with E-state index in [4.69, 9.17) is 10.2 Å². The molecule has 2 N–H and O–H groups in total. The van der Waals surface area contributed by atoms with Crippen molar-refractivity contribution in [3.8, 4) is 0 Å². The molecule has 0 rings (SSSR count). The highest BCUT2D eigenvalue weighted by Crippen LogP contribution is 1.93. The first-order valence-electron chi connectivity index (χ1n) is 3.10. The van der Waals surface area contributed by atoms with Crippen LogP contribution in [0.4, 0.5) is 0 Å². The highest BCUT2D eigenvalue weighted by molar-refractivity contribution is 5.77. The summed E-state index contributed by atoms with van der Waals surface area (Å²) in [6.45, 7) is 1.12. The number of likely N-dealkylation sites (N-methyl/N-ethyl adjacent to an activating group) is 1. The first kappa shape index (κ1) is 9.39. The Morgan fingerprint density at radius 3 is 2.40 bits per heavy atom. The number of hydrogen-bond acceptors (Lipinski definition) is 3. The fourth-order valence-electron chi connectivity index (χ4n) is 0.480. The van der Waals surface area contributed by atoms with Crippen LogP contribution in [0.5, 0.6) is 0 Å². The van der Waals surface area contributed by atoms with Gasteiger partial charge in [0.05, 0.1) is 12.6 Å². The number of aliphatic hydroxyl groups is 2. The van der Waals surface area contributed by atoms with Crippen LogP contribution in [0.2, 0.25) is 0 Å². The number of nitrogens with zero attached hydrogens (tertiary/aromatic N) is 1. The van der Waals surface area contributed by atoms with Crippen LogP contribution in [-0.2, 0) is 4.79 Å². The molecule has 0 aromatic heterocycles. The van der Waals surface area contributed by atoms with Crippen LogP contribution in [0, 0.1) is 0 Å².